The van der Waals surface area contributed by atoms with E-state index in [1.165, 1.54) is 4.88 Å². The fourth-order valence-corrected chi connectivity index (χ4v) is 2.99. The summed E-state index contributed by atoms with van der Waals surface area (Å²) in [6.07, 6.45) is 0.938. The van der Waals surface area contributed by atoms with Gasteiger partial charge in [0.05, 0.1) is 11.9 Å². The summed E-state index contributed by atoms with van der Waals surface area (Å²) in [5.41, 5.74) is 2.49. The van der Waals surface area contributed by atoms with Crippen LogP contribution in [0.4, 0.5) is 11.8 Å². The van der Waals surface area contributed by atoms with Gasteiger partial charge in [0.2, 0.25) is 11.9 Å². The van der Waals surface area contributed by atoms with Crippen LogP contribution in [0.25, 0.3) is 10.2 Å². The zero-order chi connectivity index (χ0) is 15.4. The summed E-state index contributed by atoms with van der Waals surface area (Å²) in [5, 5.41) is 3.59. The summed E-state index contributed by atoms with van der Waals surface area (Å²) in [4.78, 5) is 24.5. The number of hydrogen-bond acceptors (Lipinski definition) is 7. The number of hydrogen-bond donors (Lipinski definition) is 3. The third-order valence-corrected chi connectivity index (χ3v) is 4.37. The molecule has 1 amide bonds. The van der Waals surface area contributed by atoms with Gasteiger partial charge in [-0.1, -0.05) is 6.92 Å². The molecular formula is C13H20N6OS. The molecule has 21 heavy (non-hydrogen) atoms. The number of thiophene rings is 1. The van der Waals surface area contributed by atoms with E-state index in [-0.39, 0.29) is 12.5 Å². The average molecular weight is 308 g/mol. The molecule has 0 bridgehead atoms. The molecule has 2 rings (SSSR count). The predicted octanol–water partition coefficient (Wildman–Crippen LogP) is 1.11. The molecule has 4 N–H and O–H groups in total. The minimum Gasteiger partial charge on any atom is -0.358 e. The minimum atomic E-state index is -0.0585. The van der Waals surface area contributed by atoms with Crippen LogP contribution in [0.15, 0.2) is 6.07 Å². The van der Waals surface area contributed by atoms with Gasteiger partial charge in [0.15, 0.2) is 0 Å². The van der Waals surface area contributed by atoms with Crippen LogP contribution in [0.3, 0.4) is 0 Å². The Morgan fingerprint density at radius 1 is 1.43 bits per heavy atom. The van der Waals surface area contributed by atoms with E-state index in [4.69, 9.17) is 5.84 Å². The van der Waals surface area contributed by atoms with Gasteiger partial charge in [-0.25, -0.2) is 10.8 Å². The van der Waals surface area contributed by atoms with Crippen LogP contribution >= 0.6 is 11.3 Å². The van der Waals surface area contributed by atoms with E-state index >= 15 is 0 Å². The van der Waals surface area contributed by atoms with Gasteiger partial charge in [0.25, 0.3) is 0 Å². The van der Waals surface area contributed by atoms with Crippen molar-refractivity contribution in [1.29, 1.82) is 0 Å². The number of fused-ring (bicyclic) bond motifs is 1. The van der Waals surface area contributed by atoms with Gasteiger partial charge in [0.1, 0.15) is 10.6 Å². The van der Waals surface area contributed by atoms with Crippen molar-refractivity contribution in [2.75, 3.05) is 30.5 Å². The van der Waals surface area contributed by atoms with Gasteiger partial charge in [-0.05, 0) is 19.4 Å². The standard InChI is InChI=1S/C13H20N6OS/c1-4-8-6-9-11(19(5-2)7-10(20)15-3)16-13(18-14)17-12(9)21-8/h6H,4-5,7,14H2,1-3H3,(H,15,20)(H,16,17,18). The molecule has 0 aliphatic carbocycles. The predicted molar refractivity (Wildman–Crippen MR) is 86.6 cm³/mol. The molecule has 0 unspecified atom stereocenters. The zero-order valence-corrected chi connectivity index (χ0v) is 13.3. The Morgan fingerprint density at radius 3 is 2.76 bits per heavy atom. The fourth-order valence-electron chi connectivity index (χ4n) is 2.02. The summed E-state index contributed by atoms with van der Waals surface area (Å²) in [7, 11) is 1.62. The number of rotatable bonds is 6. The number of nitrogens with two attached hydrogens (primary N) is 1. The first-order valence-electron chi connectivity index (χ1n) is 6.85. The molecule has 0 spiro atoms. The van der Waals surface area contributed by atoms with E-state index in [0.717, 1.165) is 22.5 Å². The summed E-state index contributed by atoms with van der Waals surface area (Å²) < 4.78 is 0. The van der Waals surface area contributed by atoms with E-state index in [0.29, 0.717) is 12.5 Å². The molecule has 8 heteroatoms. The largest absolute Gasteiger partial charge is 0.358 e. The van der Waals surface area contributed by atoms with E-state index in [1.807, 2.05) is 11.8 Å². The molecule has 0 saturated heterocycles. The van der Waals surface area contributed by atoms with Crippen molar-refractivity contribution in [1.82, 2.24) is 15.3 Å². The molecule has 0 atom stereocenters. The Bertz CT molecular complexity index is 641. The quantitative estimate of drug-likeness (QED) is 0.546. The summed E-state index contributed by atoms with van der Waals surface area (Å²) >= 11 is 1.62. The molecule has 0 aliphatic rings. The lowest BCUT2D eigenvalue weighted by Crippen LogP contribution is -2.36. The zero-order valence-electron chi connectivity index (χ0n) is 12.4. The highest BCUT2D eigenvalue weighted by atomic mass is 32.1. The molecule has 0 saturated carbocycles. The minimum absolute atomic E-state index is 0.0585. The fraction of sp³-hybridized carbons (Fsp3) is 0.462. The Morgan fingerprint density at radius 2 is 2.19 bits per heavy atom. The molecule has 114 valence electrons. The molecule has 0 aromatic carbocycles. The van der Waals surface area contributed by atoms with Gasteiger partial charge in [-0.3, -0.25) is 10.2 Å². The summed E-state index contributed by atoms with van der Waals surface area (Å²) in [6.45, 7) is 5.00. The smallest absolute Gasteiger partial charge is 0.240 e. The maximum atomic E-state index is 11.7. The second kappa shape index (κ2) is 6.68. The normalized spacial score (nSPS) is 10.7. The molecule has 0 aliphatic heterocycles. The van der Waals surface area contributed by atoms with E-state index < -0.39 is 0 Å². The summed E-state index contributed by atoms with van der Waals surface area (Å²) in [5.74, 6) is 6.48. The van der Waals surface area contributed by atoms with Crippen molar-refractivity contribution < 1.29 is 4.79 Å². The van der Waals surface area contributed by atoms with Gasteiger partial charge in [-0.15, -0.1) is 11.3 Å². The first-order valence-corrected chi connectivity index (χ1v) is 7.67. The van der Waals surface area contributed by atoms with Gasteiger partial charge < -0.3 is 10.2 Å². The van der Waals surface area contributed by atoms with Crippen molar-refractivity contribution in [3.05, 3.63) is 10.9 Å². The first-order chi connectivity index (χ1) is 10.1. The Kier molecular flexibility index (Phi) is 4.92. The number of likely N-dealkylation sites (N-methyl/N-ethyl adjacent to an activating group) is 2. The van der Waals surface area contributed by atoms with Crippen LogP contribution in [0.2, 0.25) is 0 Å². The number of nitrogen functional groups attached to an aromatic ring is 1. The first kappa shape index (κ1) is 15.5. The molecular weight excluding hydrogens is 288 g/mol. The van der Waals surface area contributed by atoms with Gasteiger partial charge >= 0.3 is 0 Å². The van der Waals surface area contributed by atoms with Gasteiger partial charge in [-0.2, -0.15) is 4.98 Å². The topological polar surface area (TPSA) is 96.2 Å². The number of anilines is 2. The highest BCUT2D eigenvalue weighted by Gasteiger charge is 2.17. The SMILES string of the molecule is CCc1cc2c(N(CC)CC(=O)NC)nc(NN)nc2s1. The Labute approximate surface area is 127 Å². The van der Waals surface area contributed by atoms with Crippen molar-refractivity contribution in [3.63, 3.8) is 0 Å². The lowest BCUT2D eigenvalue weighted by Gasteiger charge is -2.22. The second-order valence-corrected chi connectivity index (χ2v) is 5.60. The van der Waals surface area contributed by atoms with Crippen molar-refractivity contribution in [2.24, 2.45) is 5.84 Å². The lowest BCUT2D eigenvalue weighted by molar-refractivity contribution is -0.119. The average Bonchev–Trinajstić information content (AvgIpc) is 2.94. The van der Waals surface area contributed by atoms with E-state index in [2.05, 4.69) is 33.7 Å². The van der Waals surface area contributed by atoms with Crippen LogP contribution < -0.4 is 21.5 Å². The monoisotopic (exact) mass is 308 g/mol. The number of aryl methyl sites for hydroxylation is 1. The molecule has 7 nitrogen and oxygen atoms in total. The number of amides is 1. The second-order valence-electron chi connectivity index (χ2n) is 4.49. The third kappa shape index (κ3) is 3.22. The number of nitrogens with zero attached hydrogens (tertiary/aromatic N) is 3. The van der Waals surface area contributed by atoms with Gasteiger partial charge in [0, 0.05) is 18.5 Å². The van der Waals surface area contributed by atoms with Crippen molar-refractivity contribution in [2.45, 2.75) is 20.3 Å². The van der Waals surface area contributed by atoms with Crippen molar-refractivity contribution in [3.8, 4) is 0 Å². The number of nitrogens with one attached hydrogen (secondary N) is 2. The maximum absolute atomic E-state index is 11.7. The Balaban J connectivity index is 2.52. The summed E-state index contributed by atoms with van der Waals surface area (Å²) in [6, 6.07) is 2.09. The number of carbonyl (C=O) groups excluding carboxylic acids is 1. The van der Waals surface area contributed by atoms with Crippen LogP contribution in [0.1, 0.15) is 18.7 Å². The Hall–Kier alpha value is -1.93. The molecule has 2 aromatic rings. The highest BCUT2D eigenvalue weighted by Crippen LogP contribution is 2.32. The van der Waals surface area contributed by atoms with Crippen LogP contribution in [0.5, 0.6) is 0 Å². The highest BCUT2D eigenvalue weighted by molar-refractivity contribution is 7.18. The number of hydrazine groups is 1. The molecule has 2 aromatic heterocycles. The molecule has 0 fully saturated rings. The van der Waals surface area contributed by atoms with E-state index in [9.17, 15) is 4.79 Å². The molecule has 2 heterocycles. The van der Waals surface area contributed by atoms with Crippen molar-refractivity contribution >= 4 is 39.2 Å². The van der Waals surface area contributed by atoms with Crippen LogP contribution in [0, 0.1) is 0 Å². The number of aromatic nitrogens is 2. The third-order valence-electron chi connectivity index (χ3n) is 3.20. The lowest BCUT2D eigenvalue weighted by atomic mass is 10.3. The number of carbonyl (C=O) groups is 1. The maximum Gasteiger partial charge on any atom is 0.240 e. The van der Waals surface area contributed by atoms with Crippen LogP contribution in [-0.4, -0.2) is 36.0 Å². The van der Waals surface area contributed by atoms with E-state index in [1.54, 1.807) is 18.4 Å². The van der Waals surface area contributed by atoms with Crippen LogP contribution in [-0.2, 0) is 11.2 Å². The molecule has 0 radical (unpaired) electrons.